The Balaban J connectivity index is 1.98. The second-order valence-corrected chi connectivity index (χ2v) is 9.86. The van der Waals surface area contributed by atoms with Gasteiger partial charge in [0.1, 0.15) is 5.82 Å². The number of fused-ring (bicyclic) bond motifs is 1. The summed E-state index contributed by atoms with van der Waals surface area (Å²) in [4.78, 5) is 0.00178. The van der Waals surface area contributed by atoms with Gasteiger partial charge in [-0.05, 0) is 48.7 Å². The first-order valence-corrected chi connectivity index (χ1v) is 11.3. The molecule has 1 heterocycles. The van der Waals surface area contributed by atoms with Gasteiger partial charge < -0.3 is 0 Å². The normalized spacial score (nSPS) is 17.8. The Hall–Kier alpha value is -1.97. The zero-order valence-corrected chi connectivity index (χ0v) is 15.9. The van der Waals surface area contributed by atoms with Crippen LogP contribution in [0.1, 0.15) is 23.6 Å². The zero-order chi connectivity index (χ0) is 19.1. The molecule has 0 fully saturated rings. The molecule has 1 aliphatic rings. The first-order chi connectivity index (χ1) is 12.1. The van der Waals surface area contributed by atoms with E-state index in [2.05, 4.69) is 4.72 Å². The molecule has 9 heteroatoms. The number of aryl methyl sites for hydroxylation is 1. The highest BCUT2D eigenvalue weighted by Crippen LogP contribution is 2.36. The quantitative estimate of drug-likeness (QED) is 0.857. The van der Waals surface area contributed by atoms with Gasteiger partial charge in [-0.3, -0.25) is 4.31 Å². The molecule has 6 nitrogen and oxygen atoms in total. The monoisotopic (exact) mass is 398 g/mol. The van der Waals surface area contributed by atoms with Crippen molar-refractivity contribution < 1.29 is 21.2 Å². The number of halogens is 1. The Labute approximate surface area is 152 Å². The molecule has 0 saturated carbocycles. The van der Waals surface area contributed by atoms with Crippen molar-refractivity contribution in [3.8, 4) is 0 Å². The summed E-state index contributed by atoms with van der Waals surface area (Å²) in [6, 6.07) is 9.71. The van der Waals surface area contributed by atoms with Crippen LogP contribution in [-0.4, -0.2) is 29.6 Å². The van der Waals surface area contributed by atoms with Crippen LogP contribution in [0.25, 0.3) is 0 Å². The number of hydrogen-bond acceptors (Lipinski definition) is 4. The van der Waals surface area contributed by atoms with E-state index in [9.17, 15) is 21.2 Å². The maximum atomic E-state index is 13.3. The zero-order valence-electron chi connectivity index (χ0n) is 14.3. The van der Waals surface area contributed by atoms with Crippen molar-refractivity contribution >= 4 is 25.7 Å². The summed E-state index contributed by atoms with van der Waals surface area (Å²) >= 11 is 0. The van der Waals surface area contributed by atoms with Crippen molar-refractivity contribution in [1.29, 1.82) is 0 Å². The highest BCUT2D eigenvalue weighted by Gasteiger charge is 2.32. The van der Waals surface area contributed by atoms with Crippen LogP contribution in [-0.2, 0) is 20.0 Å². The number of benzene rings is 2. The van der Waals surface area contributed by atoms with Crippen LogP contribution in [0.15, 0.2) is 47.4 Å². The van der Waals surface area contributed by atoms with Gasteiger partial charge in [0, 0.05) is 6.54 Å². The average molecular weight is 398 g/mol. The number of para-hydroxylation sites is 1. The number of nitrogens with zero attached hydrogens (tertiary/aromatic N) is 1. The second-order valence-electron chi connectivity index (χ2n) is 6.27. The van der Waals surface area contributed by atoms with Crippen LogP contribution in [0.4, 0.5) is 10.1 Å². The Morgan fingerprint density at radius 3 is 2.46 bits per heavy atom. The highest BCUT2D eigenvalue weighted by atomic mass is 32.2. The standard InChI is InChI=1S/C17H19FN2O4S2/c1-12-11-13(18)7-8-17(12)26(23,24)19-15-9-10-20(25(2,21)22)16-6-4-3-5-14(15)16/h3-8,11,15,19H,9-10H2,1-2H3. The molecule has 1 atom stereocenters. The van der Waals surface area contributed by atoms with E-state index in [-0.39, 0.29) is 11.4 Å². The fourth-order valence-corrected chi connectivity index (χ4v) is 5.60. The average Bonchev–Trinajstić information content (AvgIpc) is 2.53. The lowest BCUT2D eigenvalue weighted by atomic mass is 9.99. The molecule has 1 N–H and O–H groups in total. The van der Waals surface area contributed by atoms with Crippen molar-refractivity contribution in [3.63, 3.8) is 0 Å². The highest BCUT2D eigenvalue weighted by molar-refractivity contribution is 7.92. The number of anilines is 1. The summed E-state index contributed by atoms with van der Waals surface area (Å²) in [6.45, 7) is 1.70. The molecule has 0 aliphatic carbocycles. The van der Waals surface area contributed by atoms with E-state index >= 15 is 0 Å². The first-order valence-electron chi connectivity index (χ1n) is 7.95. The van der Waals surface area contributed by atoms with Gasteiger partial charge in [0.25, 0.3) is 0 Å². The van der Waals surface area contributed by atoms with Gasteiger partial charge in [0.15, 0.2) is 0 Å². The summed E-state index contributed by atoms with van der Waals surface area (Å²) in [7, 11) is -7.34. The fraction of sp³-hybridized carbons (Fsp3) is 0.294. The minimum Gasteiger partial charge on any atom is -0.270 e. The smallest absolute Gasteiger partial charge is 0.241 e. The summed E-state index contributed by atoms with van der Waals surface area (Å²) in [5.74, 6) is -0.506. The molecular weight excluding hydrogens is 379 g/mol. The van der Waals surface area contributed by atoms with Gasteiger partial charge >= 0.3 is 0 Å². The van der Waals surface area contributed by atoms with Crippen LogP contribution in [0.3, 0.4) is 0 Å². The third kappa shape index (κ3) is 3.60. The molecule has 26 heavy (non-hydrogen) atoms. The number of rotatable bonds is 4. The molecule has 0 aromatic heterocycles. The van der Waals surface area contributed by atoms with Crippen molar-refractivity contribution in [2.24, 2.45) is 0 Å². The third-order valence-electron chi connectivity index (χ3n) is 4.33. The van der Waals surface area contributed by atoms with Crippen molar-refractivity contribution in [2.75, 3.05) is 17.1 Å². The van der Waals surface area contributed by atoms with Gasteiger partial charge in [0.05, 0.1) is 22.9 Å². The molecule has 2 aromatic carbocycles. The van der Waals surface area contributed by atoms with Crippen molar-refractivity contribution in [3.05, 3.63) is 59.4 Å². The second kappa shape index (κ2) is 6.64. The van der Waals surface area contributed by atoms with E-state index in [0.717, 1.165) is 18.4 Å². The maximum absolute atomic E-state index is 13.3. The van der Waals surface area contributed by atoms with Crippen LogP contribution in [0.2, 0.25) is 0 Å². The van der Waals surface area contributed by atoms with Crippen LogP contribution in [0.5, 0.6) is 0 Å². The number of hydrogen-bond donors (Lipinski definition) is 1. The number of nitrogens with one attached hydrogen (secondary N) is 1. The summed E-state index contributed by atoms with van der Waals surface area (Å²) in [5.41, 5.74) is 1.36. The molecular formula is C17H19FN2O4S2. The van der Waals surface area contributed by atoms with E-state index < -0.39 is 31.9 Å². The van der Waals surface area contributed by atoms with Gasteiger partial charge in [-0.2, -0.15) is 0 Å². The van der Waals surface area contributed by atoms with E-state index in [1.807, 2.05) is 0 Å². The summed E-state index contributed by atoms with van der Waals surface area (Å²) in [6.07, 6.45) is 1.42. The van der Waals surface area contributed by atoms with Crippen LogP contribution < -0.4 is 9.03 Å². The molecule has 0 radical (unpaired) electrons. The fourth-order valence-electron chi connectivity index (χ4n) is 3.16. The Morgan fingerprint density at radius 1 is 1.12 bits per heavy atom. The lowest BCUT2D eigenvalue weighted by Crippen LogP contribution is -2.40. The molecule has 1 unspecified atom stereocenters. The van der Waals surface area contributed by atoms with E-state index in [0.29, 0.717) is 23.2 Å². The lowest BCUT2D eigenvalue weighted by Gasteiger charge is -2.34. The van der Waals surface area contributed by atoms with E-state index in [1.165, 1.54) is 17.3 Å². The molecule has 0 amide bonds. The third-order valence-corrected chi connectivity index (χ3v) is 7.14. The minimum absolute atomic E-state index is 0.00178. The van der Waals surface area contributed by atoms with E-state index in [4.69, 9.17) is 0 Å². The lowest BCUT2D eigenvalue weighted by molar-refractivity contribution is 0.530. The van der Waals surface area contributed by atoms with E-state index in [1.54, 1.807) is 24.3 Å². The largest absolute Gasteiger partial charge is 0.270 e. The predicted octanol–water partition coefficient (Wildman–Crippen LogP) is 2.32. The van der Waals surface area contributed by atoms with Crippen molar-refractivity contribution in [1.82, 2.24) is 4.72 Å². The van der Waals surface area contributed by atoms with Gasteiger partial charge in [-0.1, -0.05) is 18.2 Å². The molecule has 3 rings (SSSR count). The molecule has 0 saturated heterocycles. The van der Waals surface area contributed by atoms with Gasteiger partial charge in [0.2, 0.25) is 20.0 Å². The van der Waals surface area contributed by atoms with Gasteiger partial charge in [-0.25, -0.2) is 25.9 Å². The minimum atomic E-state index is -3.89. The molecule has 2 aromatic rings. The summed E-state index contributed by atoms with van der Waals surface area (Å²) < 4.78 is 66.7. The SMILES string of the molecule is Cc1cc(F)ccc1S(=O)(=O)NC1CCN(S(C)(=O)=O)c2ccccc21. The van der Waals surface area contributed by atoms with Crippen molar-refractivity contribution in [2.45, 2.75) is 24.3 Å². The first kappa shape index (κ1) is 18.8. The number of sulfonamides is 2. The molecule has 0 spiro atoms. The maximum Gasteiger partial charge on any atom is 0.241 e. The Morgan fingerprint density at radius 2 is 1.81 bits per heavy atom. The Kier molecular flexibility index (Phi) is 4.80. The van der Waals surface area contributed by atoms with Crippen LogP contribution >= 0.6 is 0 Å². The van der Waals surface area contributed by atoms with Gasteiger partial charge in [-0.15, -0.1) is 0 Å². The topological polar surface area (TPSA) is 83.6 Å². The Bertz CT molecular complexity index is 1050. The predicted molar refractivity (Wildman–Crippen MR) is 97.4 cm³/mol. The molecule has 1 aliphatic heterocycles. The molecule has 140 valence electrons. The summed E-state index contributed by atoms with van der Waals surface area (Å²) in [5, 5.41) is 0. The van der Waals surface area contributed by atoms with Crippen LogP contribution in [0, 0.1) is 12.7 Å². The molecule has 0 bridgehead atoms.